The number of halogens is 1. The molecule has 2 aromatic rings. The molecule has 0 amide bonds. The molecule has 1 heterocycles. The van der Waals surface area contributed by atoms with E-state index in [0.717, 1.165) is 22.4 Å². The summed E-state index contributed by atoms with van der Waals surface area (Å²) in [6, 6.07) is 9.76. The quantitative estimate of drug-likeness (QED) is 0.781. The molecule has 6 heteroatoms. The molecule has 1 atom stereocenters. The number of benzene rings is 2. The van der Waals surface area contributed by atoms with Gasteiger partial charge in [0, 0.05) is 10.6 Å². The minimum absolute atomic E-state index is 0.151. The van der Waals surface area contributed by atoms with E-state index in [-0.39, 0.29) is 12.1 Å². The number of nitrogens with two attached hydrogens (primary N) is 1. The zero-order chi connectivity index (χ0) is 18.7. The van der Waals surface area contributed by atoms with Crippen LogP contribution < -0.4 is 10.5 Å². The molecule has 1 aliphatic heterocycles. The number of Topliss-reactive ketones (excluding diaryl/α,β-unsaturated/α-hetero) is 1. The second kappa shape index (κ2) is 8.18. The van der Waals surface area contributed by atoms with Crippen LogP contribution in [0.1, 0.15) is 33.1 Å². The zero-order valence-corrected chi connectivity index (χ0v) is 15.6. The third-order valence-electron chi connectivity index (χ3n) is 4.31. The summed E-state index contributed by atoms with van der Waals surface area (Å²) < 4.78 is 16.6. The highest BCUT2D eigenvalue weighted by molar-refractivity contribution is 6.30. The van der Waals surface area contributed by atoms with Gasteiger partial charge in [-0.15, -0.1) is 0 Å². The van der Waals surface area contributed by atoms with Crippen LogP contribution in [0.25, 0.3) is 0 Å². The fraction of sp³-hybridized carbons (Fsp3) is 0.350. The number of hydrogen-bond donors (Lipinski definition) is 1. The van der Waals surface area contributed by atoms with Crippen molar-refractivity contribution in [1.82, 2.24) is 0 Å². The molecule has 2 aromatic carbocycles. The Labute approximate surface area is 158 Å². The van der Waals surface area contributed by atoms with Crippen molar-refractivity contribution in [3.63, 3.8) is 0 Å². The van der Waals surface area contributed by atoms with Crippen molar-refractivity contribution in [3.05, 3.63) is 63.7 Å². The van der Waals surface area contributed by atoms with E-state index in [1.54, 1.807) is 24.3 Å². The molecule has 1 aliphatic rings. The normalized spacial score (nSPS) is 15.8. The van der Waals surface area contributed by atoms with E-state index >= 15 is 0 Å². The lowest BCUT2D eigenvalue weighted by Crippen LogP contribution is -2.22. The predicted molar refractivity (Wildman–Crippen MR) is 99.8 cm³/mol. The van der Waals surface area contributed by atoms with Crippen molar-refractivity contribution in [3.8, 4) is 5.75 Å². The second-order valence-electron chi connectivity index (χ2n) is 6.31. The van der Waals surface area contributed by atoms with Crippen molar-refractivity contribution in [1.29, 1.82) is 0 Å². The Morgan fingerprint density at radius 3 is 2.35 bits per heavy atom. The average molecular weight is 376 g/mol. The van der Waals surface area contributed by atoms with E-state index in [1.165, 1.54) is 0 Å². The molecule has 0 aromatic heterocycles. The van der Waals surface area contributed by atoms with Gasteiger partial charge >= 0.3 is 0 Å². The van der Waals surface area contributed by atoms with Crippen LogP contribution >= 0.6 is 11.6 Å². The summed E-state index contributed by atoms with van der Waals surface area (Å²) in [5.41, 5.74) is 9.32. The summed E-state index contributed by atoms with van der Waals surface area (Å²) in [5, 5.41) is 0.582. The maximum atomic E-state index is 12.6. The van der Waals surface area contributed by atoms with Gasteiger partial charge in [0.05, 0.1) is 19.3 Å². The van der Waals surface area contributed by atoms with Gasteiger partial charge in [-0.1, -0.05) is 23.7 Å². The van der Waals surface area contributed by atoms with Crippen LogP contribution in [0.3, 0.4) is 0 Å². The van der Waals surface area contributed by atoms with Gasteiger partial charge < -0.3 is 19.9 Å². The van der Waals surface area contributed by atoms with Crippen LogP contribution in [-0.2, 0) is 9.47 Å². The molecule has 1 saturated heterocycles. The summed E-state index contributed by atoms with van der Waals surface area (Å²) >= 11 is 5.87. The van der Waals surface area contributed by atoms with Crippen LogP contribution in [0.15, 0.2) is 36.4 Å². The lowest BCUT2D eigenvalue weighted by atomic mass is 9.95. The Morgan fingerprint density at radius 1 is 1.19 bits per heavy atom. The molecule has 0 bridgehead atoms. The van der Waals surface area contributed by atoms with Gasteiger partial charge in [-0.25, -0.2) is 0 Å². The Balaban J connectivity index is 1.75. The molecule has 3 rings (SSSR count). The summed E-state index contributed by atoms with van der Waals surface area (Å²) in [6.07, 6.45) is -0.331. The predicted octanol–water partition coefficient (Wildman–Crippen LogP) is 3.59. The van der Waals surface area contributed by atoms with E-state index in [0.29, 0.717) is 30.4 Å². The molecule has 138 valence electrons. The molecule has 1 fully saturated rings. The van der Waals surface area contributed by atoms with E-state index in [9.17, 15) is 4.79 Å². The van der Waals surface area contributed by atoms with E-state index in [1.807, 2.05) is 26.0 Å². The summed E-state index contributed by atoms with van der Waals surface area (Å²) in [6.45, 7) is 5.37. The number of aryl methyl sites for hydroxylation is 2. The van der Waals surface area contributed by atoms with Crippen LogP contribution in [0.5, 0.6) is 5.75 Å². The van der Waals surface area contributed by atoms with Gasteiger partial charge in [0.1, 0.15) is 12.4 Å². The molecule has 0 aliphatic carbocycles. The van der Waals surface area contributed by atoms with E-state index < -0.39 is 6.04 Å². The monoisotopic (exact) mass is 375 g/mol. The second-order valence-corrected chi connectivity index (χ2v) is 6.75. The lowest BCUT2D eigenvalue weighted by molar-refractivity contribution is -0.0686. The van der Waals surface area contributed by atoms with Crippen molar-refractivity contribution in [2.75, 3.05) is 19.8 Å². The van der Waals surface area contributed by atoms with E-state index in [2.05, 4.69) is 0 Å². The van der Waals surface area contributed by atoms with Crippen LogP contribution in [0, 0.1) is 13.8 Å². The van der Waals surface area contributed by atoms with Crippen molar-refractivity contribution in [2.45, 2.75) is 26.2 Å². The Kier molecular flexibility index (Phi) is 5.94. The first-order valence-electron chi connectivity index (χ1n) is 8.48. The Bertz CT molecular complexity index is 762. The molecule has 5 nitrogen and oxygen atoms in total. The van der Waals surface area contributed by atoms with Gasteiger partial charge in [-0.2, -0.15) is 0 Å². The Hall–Kier alpha value is -1.92. The first-order chi connectivity index (χ1) is 12.5. The third-order valence-corrected chi connectivity index (χ3v) is 4.56. The Morgan fingerprint density at radius 2 is 1.77 bits per heavy atom. The lowest BCUT2D eigenvalue weighted by Gasteiger charge is -2.18. The van der Waals surface area contributed by atoms with Crippen molar-refractivity contribution < 1.29 is 19.0 Å². The third kappa shape index (κ3) is 4.24. The van der Waals surface area contributed by atoms with Crippen molar-refractivity contribution in [2.24, 2.45) is 5.73 Å². The van der Waals surface area contributed by atoms with Gasteiger partial charge in [-0.05, 0) is 54.8 Å². The largest absolute Gasteiger partial charge is 0.488 e. The molecular weight excluding hydrogens is 354 g/mol. The number of ether oxygens (including phenoxy) is 3. The highest BCUT2D eigenvalue weighted by Gasteiger charge is 2.21. The highest BCUT2D eigenvalue weighted by atomic mass is 35.5. The van der Waals surface area contributed by atoms with Gasteiger partial charge in [-0.3, -0.25) is 4.79 Å². The van der Waals surface area contributed by atoms with Crippen LogP contribution in [0.4, 0.5) is 0 Å². The summed E-state index contributed by atoms with van der Waals surface area (Å²) in [5.74, 6) is 0.612. The smallest absolute Gasteiger partial charge is 0.191 e. The standard InChI is InChI=1S/C20H22ClNO4/c1-12-9-15(18(22)19(23)14-3-5-16(21)6-4-14)10-13(2)20(12)26-11-17-24-7-8-25-17/h3-6,9-10,17-18H,7-8,11,22H2,1-2H3/t18-/m0/s1. The molecule has 2 N–H and O–H groups in total. The molecular formula is C20H22ClNO4. The maximum Gasteiger partial charge on any atom is 0.191 e. The number of rotatable bonds is 6. The fourth-order valence-corrected chi connectivity index (χ4v) is 3.12. The topological polar surface area (TPSA) is 70.8 Å². The zero-order valence-electron chi connectivity index (χ0n) is 14.8. The van der Waals surface area contributed by atoms with Crippen LogP contribution in [-0.4, -0.2) is 31.9 Å². The van der Waals surface area contributed by atoms with Crippen LogP contribution in [0.2, 0.25) is 5.02 Å². The average Bonchev–Trinajstić information content (AvgIpc) is 3.14. The SMILES string of the molecule is Cc1cc([C@H](N)C(=O)c2ccc(Cl)cc2)cc(C)c1OCC1OCCO1. The fourth-order valence-electron chi connectivity index (χ4n) is 2.99. The summed E-state index contributed by atoms with van der Waals surface area (Å²) in [7, 11) is 0. The number of carbonyl (C=O) groups is 1. The maximum absolute atomic E-state index is 12.6. The molecule has 26 heavy (non-hydrogen) atoms. The van der Waals surface area contributed by atoms with Crippen molar-refractivity contribution >= 4 is 17.4 Å². The first kappa shape index (κ1) is 18.9. The minimum atomic E-state index is -0.746. The van der Waals surface area contributed by atoms with Gasteiger partial charge in [0.15, 0.2) is 12.1 Å². The molecule has 0 unspecified atom stereocenters. The minimum Gasteiger partial charge on any atom is -0.488 e. The van der Waals surface area contributed by atoms with Gasteiger partial charge in [0.25, 0.3) is 0 Å². The molecule has 0 saturated carbocycles. The summed E-state index contributed by atoms with van der Waals surface area (Å²) in [4.78, 5) is 12.6. The van der Waals surface area contributed by atoms with E-state index in [4.69, 9.17) is 31.5 Å². The first-order valence-corrected chi connectivity index (χ1v) is 8.86. The number of ketones is 1. The highest BCUT2D eigenvalue weighted by Crippen LogP contribution is 2.29. The van der Waals surface area contributed by atoms with Gasteiger partial charge in [0.2, 0.25) is 0 Å². The number of hydrogen-bond acceptors (Lipinski definition) is 5. The number of carbonyl (C=O) groups excluding carboxylic acids is 1. The molecule has 0 radical (unpaired) electrons. The molecule has 0 spiro atoms.